The number of esters is 1. The maximum Gasteiger partial charge on any atom is 0.311 e. The average molecular weight is 1090 g/mol. The van der Waals surface area contributed by atoms with Gasteiger partial charge in [0, 0.05) is 5.41 Å². The van der Waals surface area contributed by atoms with Crippen LogP contribution in [-0.2, 0) is 47.4 Å². The molecule has 4 saturated heterocycles. The molecule has 4 saturated carbocycles. The van der Waals surface area contributed by atoms with E-state index in [0.29, 0.717) is 38.5 Å². The Morgan fingerprint density at radius 1 is 0.618 bits per heavy atom. The third-order valence-corrected chi connectivity index (χ3v) is 21.3. The smallest absolute Gasteiger partial charge is 0.311 e. The van der Waals surface area contributed by atoms with E-state index in [1.54, 1.807) is 0 Å². The lowest BCUT2D eigenvalue weighted by Gasteiger charge is -2.72. The van der Waals surface area contributed by atoms with Crippen LogP contribution in [0.4, 0.5) is 0 Å². The molecule has 9 rings (SSSR count). The number of carbonyl (C=O) groups is 1. The Morgan fingerprint density at radius 3 is 1.89 bits per heavy atom. The summed E-state index contributed by atoms with van der Waals surface area (Å²) in [7, 11) is 1.40. The predicted molar refractivity (Wildman–Crippen MR) is 258 cm³/mol. The Balaban J connectivity index is 0.974. The number of methoxy groups -OCH3 is 1. The Morgan fingerprint density at radius 2 is 1.24 bits per heavy atom. The fourth-order valence-electron chi connectivity index (χ4n) is 16.4. The Hall–Kier alpha value is -1.63. The third-order valence-electron chi connectivity index (χ3n) is 21.3. The van der Waals surface area contributed by atoms with Crippen LogP contribution in [0, 0.1) is 50.2 Å². The van der Waals surface area contributed by atoms with Crippen LogP contribution >= 0.6 is 0 Å². The third kappa shape index (κ3) is 9.37. The van der Waals surface area contributed by atoms with Crippen molar-refractivity contribution in [1.29, 1.82) is 0 Å². The summed E-state index contributed by atoms with van der Waals surface area (Å²) < 4.78 is 53.9. The van der Waals surface area contributed by atoms with E-state index >= 15 is 0 Å². The molecule has 4 aliphatic heterocycles. The summed E-state index contributed by atoms with van der Waals surface area (Å²) in [6.07, 6.45) is -23.6. The predicted octanol–water partition coefficient (Wildman–Crippen LogP) is -2.16. The second-order valence-electron chi connectivity index (χ2n) is 25.4. The number of hydrogen-bond donors (Lipinski definition) is 13. The van der Waals surface area contributed by atoms with Gasteiger partial charge in [-0.3, -0.25) is 4.79 Å². The van der Waals surface area contributed by atoms with Gasteiger partial charge in [-0.15, -0.1) is 0 Å². The number of hydrogen-bond acceptors (Lipinski definition) is 23. The van der Waals surface area contributed by atoms with Gasteiger partial charge in [-0.2, -0.15) is 0 Å². The number of allylic oxidation sites excluding steroid dienone is 2. The fraction of sp³-hybridized carbons (Fsp3) is 0.943. The molecule has 0 amide bonds. The zero-order valence-corrected chi connectivity index (χ0v) is 44.7. The first-order valence-electron chi connectivity index (χ1n) is 27.3. The minimum atomic E-state index is -1.90. The first kappa shape index (κ1) is 59.0. The summed E-state index contributed by atoms with van der Waals surface area (Å²) in [5.41, 5.74) is -1.87. The normalized spacial score (nSPS) is 54.3. The van der Waals surface area contributed by atoms with Crippen molar-refractivity contribution in [1.82, 2.24) is 0 Å². The maximum absolute atomic E-state index is 13.3. The summed E-state index contributed by atoms with van der Waals surface area (Å²) in [5.74, 6) is -0.270. The highest BCUT2D eigenvalue weighted by Gasteiger charge is 2.71. The topological polar surface area (TPSA) is 363 Å². The Kier molecular flexibility index (Phi) is 16.8. The molecule has 0 aromatic carbocycles. The summed E-state index contributed by atoms with van der Waals surface area (Å²) in [6, 6.07) is 0. The monoisotopic (exact) mass is 1090 g/mol. The van der Waals surface area contributed by atoms with Gasteiger partial charge in [-0.05, 0) is 104 Å². The van der Waals surface area contributed by atoms with Crippen LogP contribution in [0.1, 0.15) is 99.3 Å². The van der Waals surface area contributed by atoms with Crippen LogP contribution in [-0.4, -0.2) is 235 Å². The van der Waals surface area contributed by atoms with Crippen molar-refractivity contribution >= 4 is 5.97 Å². The minimum Gasteiger partial charge on any atom is -0.469 e. The fourth-order valence-corrected chi connectivity index (χ4v) is 16.4. The van der Waals surface area contributed by atoms with E-state index in [1.807, 2.05) is 6.92 Å². The first-order chi connectivity index (χ1) is 35.7. The van der Waals surface area contributed by atoms with Crippen molar-refractivity contribution in [2.75, 3.05) is 40.1 Å². The van der Waals surface area contributed by atoms with Crippen LogP contribution in [0.15, 0.2) is 11.6 Å². The molecular formula is C53H86O23. The lowest BCUT2D eigenvalue weighted by molar-refractivity contribution is -0.392. The van der Waals surface area contributed by atoms with Crippen molar-refractivity contribution in [2.45, 2.75) is 222 Å². The van der Waals surface area contributed by atoms with Crippen LogP contribution in [0.3, 0.4) is 0 Å². The maximum atomic E-state index is 13.3. The van der Waals surface area contributed by atoms with E-state index in [-0.39, 0.29) is 41.2 Å². The Labute approximate surface area is 442 Å². The second-order valence-corrected chi connectivity index (χ2v) is 25.4. The zero-order valence-electron chi connectivity index (χ0n) is 44.7. The van der Waals surface area contributed by atoms with Gasteiger partial charge in [0.2, 0.25) is 0 Å². The number of fused-ring (bicyclic) bond motifs is 7. The summed E-state index contributed by atoms with van der Waals surface area (Å²) in [5, 5.41) is 142. The highest BCUT2D eigenvalue weighted by molar-refractivity contribution is 5.76. The Bertz CT molecular complexity index is 2080. The van der Waals surface area contributed by atoms with Crippen LogP contribution in [0.5, 0.6) is 0 Å². The molecule has 0 aromatic heterocycles. The van der Waals surface area contributed by atoms with Gasteiger partial charge in [-0.1, -0.05) is 46.3 Å². The van der Waals surface area contributed by atoms with Crippen molar-refractivity contribution in [2.24, 2.45) is 50.2 Å². The standard InChI is InChI=1S/C53H86O23/c1-48(2)29-10-13-51(5)30(9-8-23-24-16-49(3,47(67)68-7)14-15-53(24,22-56)31(58)17-52(23,51)6)50(29,4)12-11-32(48)74-45-41(76-44-40(66)37(63)34(60)26(18-54)71-44)36(62)28(21-70-45)73-46-42(38(64)35(61)27(19-55)72-46)75-43-39(65)33(59)25(57)20-69-43/h8,24-46,54-66H,9-22H2,1-7H3/t24-,25+,26+,27+,28-,29-,30+,31+,32-,33-,34+,35+,36-,37-,38-,39+,40+,41+,42+,43-,44-,45-,46-,49-,50-,51+,52+,53+/m0/s1. The lowest BCUT2D eigenvalue weighted by atomic mass is 9.33. The summed E-state index contributed by atoms with van der Waals surface area (Å²) in [4.78, 5) is 13.3. The summed E-state index contributed by atoms with van der Waals surface area (Å²) in [6.45, 7) is 10.5. The van der Waals surface area contributed by atoms with E-state index < -0.39 is 171 Å². The highest BCUT2D eigenvalue weighted by Crippen LogP contribution is 2.76. The lowest BCUT2D eigenvalue weighted by Crippen LogP contribution is -2.68. The van der Waals surface area contributed by atoms with Crippen LogP contribution < -0.4 is 0 Å². The average Bonchev–Trinajstić information content (AvgIpc) is 3.47. The van der Waals surface area contributed by atoms with Gasteiger partial charge in [-0.25, -0.2) is 0 Å². The molecule has 0 radical (unpaired) electrons. The molecule has 0 aromatic rings. The van der Waals surface area contributed by atoms with E-state index in [0.717, 1.165) is 19.3 Å². The number of rotatable bonds is 12. The largest absolute Gasteiger partial charge is 0.469 e. The van der Waals surface area contributed by atoms with Crippen molar-refractivity contribution in [3.05, 3.63) is 11.6 Å². The van der Waals surface area contributed by atoms with Gasteiger partial charge < -0.3 is 109 Å². The van der Waals surface area contributed by atoms with Crippen molar-refractivity contribution < 1.29 is 114 Å². The zero-order chi connectivity index (χ0) is 55.4. The van der Waals surface area contributed by atoms with Gasteiger partial charge in [0.1, 0.15) is 85.5 Å². The van der Waals surface area contributed by atoms with Crippen LogP contribution in [0.25, 0.3) is 0 Å². The molecular weight excluding hydrogens is 1000 g/mol. The van der Waals surface area contributed by atoms with Crippen molar-refractivity contribution in [3.63, 3.8) is 0 Å². The molecule has 0 bridgehead atoms. The van der Waals surface area contributed by atoms with E-state index in [9.17, 15) is 71.2 Å². The number of ether oxygens (including phenoxy) is 9. The molecule has 9 aliphatic rings. The molecule has 0 unspecified atom stereocenters. The molecule has 13 N–H and O–H groups in total. The molecule has 436 valence electrons. The molecule has 28 atom stereocenters. The van der Waals surface area contributed by atoms with Gasteiger partial charge >= 0.3 is 5.97 Å². The van der Waals surface area contributed by atoms with Gasteiger partial charge in [0.15, 0.2) is 25.2 Å². The molecule has 23 heteroatoms. The molecule has 76 heavy (non-hydrogen) atoms. The van der Waals surface area contributed by atoms with Gasteiger partial charge in [0.05, 0.1) is 57.8 Å². The molecule has 0 spiro atoms. The molecule has 4 heterocycles. The van der Waals surface area contributed by atoms with E-state index in [2.05, 4.69) is 40.7 Å². The summed E-state index contributed by atoms with van der Waals surface area (Å²) >= 11 is 0. The van der Waals surface area contributed by atoms with E-state index in [1.165, 1.54) is 12.7 Å². The quantitative estimate of drug-likeness (QED) is 0.0562. The van der Waals surface area contributed by atoms with Crippen LogP contribution in [0.2, 0.25) is 0 Å². The number of carbonyl (C=O) groups excluding carboxylic acids is 1. The number of aliphatic hydroxyl groups excluding tert-OH is 13. The van der Waals surface area contributed by atoms with Gasteiger partial charge in [0.25, 0.3) is 0 Å². The first-order valence-corrected chi connectivity index (χ1v) is 27.3. The number of aliphatic hydroxyl groups is 13. The molecule has 5 aliphatic carbocycles. The SMILES string of the molecule is COC(=O)[C@@]1(C)CC[C@]2(CO)[C@H](O)C[C@]3(C)C(=CC[C@@H]4[C@@]5(C)CC[C@H](O[C@@H]6OC[C@H](O[C@@H]7O[C@H](CO)[C@@H](O)[C@H](O)[C@H]7O[C@@H]7OC[C@@H](O)[C@H](O)[C@H]7O)[C@H](O)[C@H]6O[C@@H]6O[C@H](CO)[C@@H](O)[C@H](O)[C@H]6O)C(C)(C)[C@@H]5CC[C@]43C)[C@@H]2C1. The highest BCUT2D eigenvalue weighted by atomic mass is 16.8. The molecule has 8 fully saturated rings. The second kappa shape index (κ2) is 21.6. The van der Waals surface area contributed by atoms with Crippen molar-refractivity contribution in [3.8, 4) is 0 Å². The van der Waals surface area contributed by atoms with E-state index in [4.69, 9.17) is 42.6 Å². The minimum absolute atomic E-state index is 0.0739. The molecule has 23 nitrogen and oxygen atoms in total.